The number of rotatable bonds is 6. The molecular weight excluding hydrogens is 228 g/mol. The van der Waals surface area contributed by atoms with Crippen LogP contribution in [0.4, 0.5) is 0 Å². The van der Waals surface area contributed by atoms with Crippen molar-refractivity contribution in [1.82, 2.24) is 5.32 Å². The molecule has 4 heteroatoms. The lowest BCUT2D eigenvalue weighted by Gasteiger charge is -2.25. The fourth-order valence-corrected chi connectivity index (χ4v) is 1.56. The largest absolute Gasteiger partial charge is 0.394 e. The van der Waals surface area contributed by atoms with E-state index in [1.165, 1.54) is 5.56 Å². The summed E-state index contributed by atoms with van der Waals surface area (Å²) in [7, 11) is 0. The fraction of sp³-hybridized carbons (Fsp3) is 0.500. The standard InChI is InChI=1S/C14H22N2O2/c1-14(2,10-17)16-13(18)12(15)9-8-11-6-4-3-5-7-11/h3-7,12,17H,8-10,15H2,1-2H3,(H,16,18). The summed E-state index contributed by atoms with van der Waals surface area (Å²) in [6.07, 6.45) is 1.37. The molecule has 4 N–H and O–H groups in total. The molecular formula is C14H22N2O2. The van der Waals surface area contributed by atoms with Crippen LogP contribution in [0, 0.1) is 0 Å². The Kier molecular flexibility index (Phi) is 5.31. The molecule has 1 aromatic rings. The maximum Gasteiger partial charge on any atom is 0.237 e. The van der Waals surface area contributed by atoms with Crippen LogP contribution >= 0.6 is 0 Å². The van der Waals surface area contributed by atoms with Crippen LogP contribution in [0.25, 0.3) is 0 Å². The molecule has 1 unspecified atom stereocenters. The maximum absolute atomic E-state index is 11.8. The lowest BCUT2D eigenvalue weighted by molar-refractivity contribution is -0.124. The molecule has 0 saturated carbocycles. The van der Waals surface area contributed by atoms with Crippen LogP contribution in [0.1, 0.15) is 25.8 Å². The van der Waals surface area contributed by atoms with Gasteiger partial charge in [0, 0.05) is 0 Å². The van der Waals surface area contributed by atoms with Crippen molar-refractivity contribution < 1.29 is 9.90 Å². The predicted octanol–water partition coefficient (Wildman–Crippen LogP) is 0.834. The van der Waals surface area contributed by atoms with Crippen molar-refractivity contribution in [3.63, 3.8) is 0 Å². The Bertz CT molecular complexity index is 377. The van der Waals surface area contributed by atoms with Crippen molar-refractivity contribution in [2.45, 2.75) is 38.3 Å². The van der Waals surface area contributed by atoms with Gasteiger partial charge in [-0.2, -0.15) is 0 Å². The van der Waals surface area contributed by atoms with Crippen molar-refractivity contribution in [3.05, 3.63) is 35.9 Å². The number of carbonyl (C=O) groups is 1. The number of nitrogens with two attached hydrogens (primary N) is 1. The number of aliphatic hydroxyl groups excluding tert-OH is 1. The molecule has 1 rings (SSSR count). The molecule has 0 radical (unpaired) electrons. The van der Waals surface area contributed by atoms with Crippen LogP contribution < -0.4 is 11.1 Å². The van der Waals surface area contributed by atoms with Crippen LogP contribution in [-0.4, -0.2) is 29.2 Å². The number of hydrogen-bond donors (Lipinski definition) is 3. The number of nitrogens with one attached hydrogen (secondary N) is 1. The van der Waals surface area contributed by atoms with Gasteiger partial charge in [0.1, 0.15) is 0 Å². The first-order chi connectivity index (χ1) is 8.44. The number of aliphatic hydroxyl groups is 1. The quantitative estimate of drug-likeness (QED) is 0.700. The second-order valence-electron chi connectivity index (χ2n) is 5.16. The lowest BCUT2D eigenvalue weighted by Crippen LogP contribution is -2.52. The van der Waals surface area contributed by atoms with E-state index in [1.54, 1.807) is 13.8 Å². The first-order valence-electron chi connectivity index (χ1n) is 6.17. The molecule has 1 amide bonds. The Morgan fingerprint density at radius 2 is 2.00 bits per heavy atom. The van der Waals surface area contributed by atoms with E-state index in [0.717, 1.165) is 6.42 Å². The van der Waals surface area contributed by atoms with Crippen molar-refractivity contribution in [2.75, 3.05) is 6.61 Å². The van der Waals surface area contributed by atoms with Crippen molar-refractivity contribution in [3.8, 4) is 0 Å². The van der Waals surface area contributed by atoms with Gasteiger partial charge < -0.3 is 16.2 Å². The predicted molar refractivity (Wildman–Crippen MR) is 72.0 cm³/mol. The molecule has 0 bridgehead atoms. The molecule has 1 aromatic carbocycles. The summed E-state index contributed by atoms with van der Waals surface area (Å²) >= 11 is 0. The second-order valence-corrected chi connectivity index (χ2v) is 5.16. The maximum atomic E-state index is 11.8. The lowest BCUT2D eigenvalue weighted by atomic mass is 10.0. The summed E-state index contributed by atoms with van der Waals surface area (Å²) in [6.45, 7) is 3.41. The smallest absolute Gasteiger partial charge is 0.237 e. The minimum Gasteiger partial charge on any atom is -0.394 e. The van der Waals surface area contributed by atoms with E-state index in [1.807, 2.05) is 30.3 Å². The summed E-state index contributed by atoms with van der Waals surface area (Å²) in [5.41, 5.74) is 6.38. The first-order valence-corrected chi connectivity index (χ1v) is 6.17. The Labute approximate surface area is 108 Å². The summed E-state index contributed by atoms with van der Waals surface area (Å²) < 4.78 is 0. The Balaban J connectivity index is 2.41. The number of amides is 1. The third kappa shape index (κ3) is 4.85. The normalized spacial score (nSPS) is 13.1. The van der Waals surface area contributed by atoms with E-state index in [0.29, 0.717) is 6.42 Å². The van der Waals surface area contributed by atoms with Gasteiger partial charge in [-0.3, -0.25) is 4.79 Å². The number of carbonyl (C=O) groups excluding carboxylic acids is 1. The Hall–Kier alpha value is -1.39. The van der Waals surface area contributed by atoms with E-state index in [9.17, 15) is 4.79 Å². The van der Waals surface area contributed by atoms with Gasteiger partial charge in [-0.15, -0.1) is 0 Å². The second kappa shape index (κ2) is 6.52. The van der Waals surface area contributed by atoms with Gasteiger partial charge in [0.2, 0.25) is 5.91 Å². The summed E-state index contributed by atoms with van der Waals surface area (Å²) in [4.78, 5) is 11.8. The van der Waals surface area contributed by atoms with Crippen molar-refractivity contribution in [2.24, 2.45) is 5.73 Å². The fourth-order valence-electron chi connectivity index (χ4n) is 1.56. The molecule has 0 saturated heterocycles. The van der Waals surface area contributed by atoms with Gasteiger partial charge in [-0.25, -0.2) is 0 Å². The third-order valence-corrected chi connectivity index (χ3v) is 2.78. The summed E-state index contributed by atoms with van der Waals surface area (Å²) in [5, 5.41) is 11.8. The minimum absolute atomic E-state index is 0.107. The van der Waals surface area contributed by atoms with E-state index < -0.39 is 11.6 Å². The van der Waals surface area contributed by atoms with Crippen LogP contribution in [-0.2, 0) is 11.2 Å². The monoisotopic (exact) mass is 250 g/mol. The molecule has 4 nitrogen and oxygen atoms in total. The molecule has 0 aromatic heterocycles. The molecule has 0 aliphatic rings. The molecule has 100 valence electrons. The van der Waals surface area contributed by atoms with Gasteiger partial charge in [-0.1, -0.05) is 30.3 Å². The van der Waals surface area contributed by atoms with E-state index in [4.69, 9.17) is 10.8 Å². The van der Waals surface area contributed by atoms with Gasteiger partial charge in [0.15, 0.2) is 0 Å². The number of benzene rings is 1. The highest BCUT2D eigenvalue weighted by Crippen LogP contribution is 2.06. The number of hydrogen-bond acceptors (Lipinski definition) is 3. The molecule has 0 aliphatic carbocycles. The van der Waals surface area contributed by atoms with Gasteiger partial charge in [0.05, 0.1) is 18.2 Å². The average molecular weight is 250 g/mol. The molecule has 0 aliphatic heterocycles. The zero-order valence-electron chi connectivity index (χ0n) is 11.0. The minimum atomic E-state index is -0.624. The summed E-state index contributed by atoms with van der Waals surface area (Å²) in [5.74, 6) is -0.218. The molecule has 0 spiro atoms. The highest BCUT2D eigenvalue weighted by Gasteiger charge is 2.22. The van der Waals surface area contributed by atoms with Gasteiger partial charge in [-0.05, 0) is 32.3 Å². The third-order valence-electron chi connectivity index (χ3n) is 2.78. The molecule has 0 fully saturated rings. The highest BCUT2D eigenvalue weighted by molar-refractivity contribution is 5.82. The van der Waals surface area contributed by atoms with Crippen LogP contribution in [0.15, 0.2) is 30.3 Å². The average Bonchev–Trinajstić information content (AvgIpc) is 2.36. The summed E-state index contributed by atoms with van der Waals surface area (Å²) in [6, 6.07) is 9.38. The van der Waals surface area contributed by atoms with Crippen molar-refractivity contribution >= 4 is 5.91 Å². The van der Waals surface area contributed by atoms with Gasteiger partial charge in [0.25, 0.3) is 0 Å². The Morgan fingerprint density at radius 1 is 1.39 bits per heavy atom. The topological polar surface area (TPSA) is 75.3 Å². The van der Waals surface area contributed by atoms with Crippen LogP contribution in [0.5, 0.6) is 0 Å². The number of aryl methyl sites for hydroxylation is 1. The first kappa shape index (κ1) is 14.7. The van der Waals surface area contributed by atoms with E-state index in [-0.39, 0.29) is 12.5 Å². The van der Waals surface area contributed by atoms with E-state index >= 15 is 0 Å². The zero-order valence-corrected chi connectivity index (χ0v) is 11.0. The van der Waals surface area contributed by atoms with Crippen LogP contribution in [0.2, 0.25) is 0 Å². The Morgan fingerprint density at radius 3 is 2.56 bits per heavy atom. The molecule has 1 atom stereocenters. The van der Waals surface area contributed by atoms with E-state index in [2.05, 4.69) is 5.32 Å². The zero-order chi connectivity index (χ0) is 13.6. The molecule has 0 heterocycles. The van der Waals surface area contributed by atoms with Crippen LogP contribution in [0.3, 0.4) is 0 Å². The highest BCUT2D eigenvalue weighted by atomic mass is 16.3. The van der Waals surface area contributed by atoms with Crippen molar-refractivity contribution in [1.29, 1.82) is 0 Å². The van der Waals surface area contributed by atoms with Gasteiger partial charge >= 0.3 is 0 Å². The SMILES string of the molecule is CC(C)(CO)NC(=O)C(N)CCc1ccccc1. The molecule has 18 heavy (non-hydrogen) atoms.